The summed E-state index contributed by atoms with van der Waals surface area (Å²) in [6.45, 7) is 0.259. The number of benzene rings is 1. The molecule has 128 valence electrons. The Balaban J connectivity index is 2.04. The summed E-state index contributed by atoms with van der Waals surface area (Å²) < 4.78 is 10.8. The maximum absolute atomic E-state index is 12.3. The van der Waals surface area contributed by atoms with Gasteiger partial charge >= 0.3 is 0 Å². The SMILES string of the molecule is COc1cccc(C(=O)N(C)C)c1OCC(=O)NCc1cccs1. The summed E-state index contributed by atoms with van der Waals surface area (Å²) in [5, 5.41) is 4.72. The summed E-state index contributed by atoms with van der Waals surface area (Å²) in [4.78, 5) is 26.7. The molecule has 0 fully saturated rings. The molecule has 0 aliphatic carbocycles. The average molecular weight is 348 g/mol. The third-order valence-corrected chi connectivity index (χ3v) is 4.10. The van der Waals surface area contributed by atoms with Gasteiger partial charge in [-0.25, -0.2) is 0 Å². The maximum Gasteiger partial charge on any atom is 0.258 e. The number of nitrogens with one attached hydrogen (secondary N) is 1. The van der Waals surface area contributed by atoms with Crippen molar-refractivity contribution in [3.05, 3.63) is 46.2 Å². The van der Waals surface area contributed by atoms with Crippen LogP contribution in [0.3, 0.4) is 0 Å². The molecule has 0 radical (unpaired) electrons. The second kappa shape index (κ2) is 8.35. The lowest BCUT2D eigenvalue weighted by atomic mass is 10.1. The monoisotopic (exact) mass is 348 g/mol. The largest absolute Gasteiger partial charge is 0.493 e. The van der Waals surface area contributed by atoms with Gasteiger partial charge in [0, 0.05) is 19.0 Å². The van der Waals surface area contributed by atoms with Crippen LogP contribution >= 0.6 is 11.3 Å². The first-order valence-electron chi connectivity index (χ1n) is 7.33. The molecule has 0 atom stereocenters. The summed E-state index contributed by atoms with van der Waals surface area (Å²) in [6, 6.07) is 8.91. The van der Waals surface area contributed by atoms with Crippen molar-refractivity contribution in [2.75, 3.05) is 27.8 Å². The molecular weight excluding hydrogens is 328 g/mol. The van der Waals surface area contributed by atoms with Crippen molar-refractivity contribution >= 4 is 23.2 Å². The number of methoxy groups -OCH3 is 1. The normalized spacial score (nSPS) is 10.1. The molecule has 2 amide bonds. The number of carbonyl (C=O) groups is 2. The highest BCUT2D eigenvalue weighted by Crippen LogP contribution is 2.31. The fourth-order valence-corrected chi connectivity index (χ4v) is 2.67. The van der Waals surface area contributed by atoms with E-state index >= 15 is 0 Å². The van der Waals surface area contributed by atoms with Gasteiger partial charge < -0.3 is 19.7 Å². The van der Waals surface area contributed by atoms with Crippen LogP contribution in [0.2, 0.25) is 0 Å². The zero-order chi connectivity index (χ0) is 17.5. The molecule has 7 heteroatoms. The van der Waals surface area contributed by atoms with Crippen LogP contribution in [0, 0.1) is 0 Å². The van der Waals surface area contributed by atoms with E-state index in [0.29, 0.717) is 17.9 Å². The lowest BCUT2D eigenvalue weighted by Crippen LogP contribution is -2.29. The molecular formula is C17H20N2O4S. The van der Waals surface area contributed by atoms with Crippen LogP contribution in [-0.4, -0.2) is 44.5 Å². The van der Waals surface area contributed by atoms with Crippen molar-refractivity contribution in [2.24, 2.45) is 0 Å². The number of hydrogen-bond donors (Lipinski definition) is 1. The summed E-state index contributed by atoms with van der Waals surface area (Å²) >= 11 is 1.57. The molecule has 2 aromatic rings. The number of rotatable bonds is 7. The van der Waals surface area contributed by atoms with Crippen molar-refractivity contribution < 1.29 is 19.1 Å². The molecule has 0 unspecified atom stereocenters. The van der Waals surface area contributed by atoms with Crippen LogP contribution < -0.4 is 14.8 Å². The summed E-state index contributed by atoms with van der Waals surface area (Å²) in [6.07, 6.45) is 0. The molecule has 0 aliphatic rings. The number of hydrogen-bond acceptors (Lipinski definition) is 5. The first-order valence-corrected chi connectivity index (χ1v) is 8.21. The smallest absolute Gasteiger partial charge is 0.258 e. The molecule has 0 saturated heterocycles. The zero-order valence-electron chi connectivity index (χ0n) is 13.9. The fraction of sp³-hybridized carbons (Fsp3) is 0.294. The first kappa shape index (κ1) is 17.8. The van der Waals surface area contributed by atoms with E-state index in [1.54, 1.807) is 43.6 Å². The van der Waals surface area contributed by atoms with Gasteiger partial charge in [0.15, 0.2) is 18.1 Å². The van der Waals surface area contributed by atoms with Crippen molar-refractivity contribution in [3.8, 4) is 11.5 Å². The topological polar surface area (TPSA) is 67.9 Å². The number of para-hydroxylation sites is 1. The fourth-order valence-electron chi connectivity index (χ4n) is 2.02. The van der Waals surface area contributed by atoms with Gasteiger partial charge in [0.2, 0.25) is 0 Å². The minimum Gasteiger partial charge on any atom is -0.493 e. The predicted octanol–water partition coefficient (Wildman–Crippen LogP) is 2.15. The molecule has 2 rings (SSSR count). The van der Waals surface area contributed by atoms with Gasteiger partial charge in [0.1, 0.15) is 0 Å². The molecule has 1 N–H and O–H groups in total. The second-order valence-electron chi connectivity index (χ2n) is 5.18. The van der Waals surface area contributed by atoms with E-state index < -0.39 is 0 Å². The van der Waals surface area contributed by atoms with Crippen LogP contribution in [-0.2, 0) is 11.3 Å². The Labute approximate surface area is 145 Å². The Morgan fingerprint density at radius 2 is 2.00 bits per heavy atom. The Hall–Kier alpha value is -2.54. The molecule has 1 aromatic carbocycles. The maximum atomic E-state index is 12.3. The Morgan fingerprint density at radius 1 is 1.21 bits per heavy atom. The number of nitrogens with zero attached hydrogens (tertiary/aromatic N) is 1. The molecule has 0 bridgehead atoms. The van der Waals surface area contributed by atoms with Crippen LogP contribution in [0.15, 0.2) is 35.7 Å². The Bertz CT molecular complexity index is 699. The molecule has 6 nitrogen and oxygen atoms in total. The zero-order valence-corrected chi connectivity index (χ0v) is 14.7. The molecule has 1 aromatic heterocycles. The highest BCUT2D eigenvalue weighted by Gasteiger charge is 2.19. The Kier molecular flexibility index (Phi) is 6.20. The predicted molar refractivity (Wildman–Crippen MR) is 92.7 cm³/mol. The van der Waals surface area contributed by atoms with E-state index in [9.17, 15) is 9.59 Å². The van der Waals surface area contributed by atoms with Gasteiger partial charge in [-0.2, -0.15) is 0 Å². The van der Waals surface area contributed by atoms with Gasteiger partial charge in [-0.15, -0.1) is 11.3 Å². The van der Waals surface area contributed by atoms with Gasteiger partial charge in [0.05, 0.1) is 19.2 Å². The molecule has 0 saturated carbocycles. The quantitative estimate of drug-likeness (QED) is 0.832. The standard InChI is InChI=1S/C17H20N2O4S/c1-19(2)17(21)13-7-4-8-14(22-3)16(13)23-11-15(20)18-10-12-6-5-9-24-12/h4-9H,10-11H2,1-3H3,(H,18,20). The lowest BCUT2D eigenvalue weighted by Gasteiger charge is -2.17. The van der Waals surface area contributed by atoms with Crippen LogP contribution in [0.1, 0.15) is 15.2 Å². The Morgan fingerprint density at radius 3 is 2.62 bits per heavy atom. The summed E-state index contributed by atoms with van der Waals surface area (Å²) in [5.74, 6) is 0.194. The molecule has 1 heterocycles. The highest BCUT2D eigenvalue weighted by molar-refractivity contribution is 7.09. The third kappa shape index (κ3) is 4.48. The molecule has 0 aliphatic heterocycles. The van der Waals surface area contributed by atoms with E-state index in [1.807, 2.05) is 17.5 Å². The van der Waals surface area contributed by atoms with Crippen LogP contribution in [0.4, 0.5) is 0 Å². The van der Waals surface area contributed by atoms with E-state index in [1.165, 1.54) is 12.0 Å². The van der Waals surface area contributed by atoms with Crippen molar-refractivity contribution in [3.63, 3.8) is 0 Å². The number of amides is 2. The van der Waals surface area contributed by atoms with Crippen LogP contribution in [0.5, 0.6) is 11.5 Å². The number of ether oxygens (including phenoxy) is 2. The van der Waals surface area contributed by atoms with E-state index in [2.05, 4.69) is 5.32 Å². The first-order chi connectivity index (χ1) is 11.5. The lowest BCUT2D eigenvalue weighted by molar-refractivity contribution is -0.123. The van der Waals surface area contributed by atoms with Crippen LogP contribution in [0.25, 0.3) is 0 Å². The molecule has 24 heavy (non-hydrogen) atoms. The van der Waals surface area contributed by atoms with E-state index in [-0.39, 0.29) is 24.2 Å². The highest BCUT2D eigenvalue weighted by atomic mass is 32.1. The van der Waals surface area contributed by atoms with E-state index in [0.717, 1.165) is 4.88 Å². The van der Waals surface area contributed by atoms with E-state index in [4.69, 9.17) is 9.47 Å². The number of carbonyl (C=O) groups excluding carboxylic acids is 2. The van der Waals surface area contributed by atoms with Gasteiger partial charge in [0.25, 0.3) is 11.8 Å². The van der Waals surface area contributed by atoms with Gasteiger partial charge in [-0.05, 0) is 23.6 Å². The second-order valence-corrected chi connectivity index (χ2v) is 6.21. The van der Waals surface area contributed by atoms with Crippen molar-refractivity contribution in [2.45, 2.75) is 6.54 Å². The minimum atomic E-state index is -0.266. The third-order valence-electron chi connectivity index (χ3n) is 3.22. The molecule has 0 spiro atoms. The average Bonchev–Trinajstić information content (AvgIpc) is 3.10. The van der Waals surface area contributed by atoms with Gasteiger partial charge in [-0.3, -0.25) is 9.59 Å². The van der Waals surface area contributed by atoms with Crippen molar-refractivity contribution in [1.82, 2.24) is 10.2 Å². The number of thiophene rings is 1. The summed E-state index contributed by atoms with van der Waals surface area (Å²) in [5.41, 5.74) is 0.352. The van der Waals surface area contributed by atoms with Crippen molar-refractivity contribution in [1.29, 1.82) is 0 Å². The van der Waals surface area contributed by atoms with Gasteiger partial charge in [-0.1, -0.05) is 12.1 Å². The summed E-state index contributed by atoms with van der Waals surface area (Å²) in [7, 11) is 4.79. The minimum absolute atomic E-state index is 0.195.